The molecule has 0 fully saturated rings. The van der Waals surface area contributed by atoms with Gasteiger partial charge in [-0.2, -0.15) is 0 Å². The summed E-state index contributed by atoms with van der Waals surface area (Å²) >= 11 is 12.7. The van der Waals surface area contributed by atoms with Crippen LogP contribution in [0.2, 0.25) is 0 Å². The number of carbonyl (C=O) groups is 2. The molecular formula is C15H13Br2ClN2O3. The first kappa shape index (κ1) is 18.2. The molecule has 0 radical (unpaired) electrons. The van der Waals surface area contributed by atoms with Crippen LogP contribution in [-0.2, 0) is 9.63 Å². The minimum absolute atomic E-state index is 0.163. The largest absolute Gasteiger partial charge is 0.437 e. The third-order valence-electron chi connectivity index (χ3n) is 3.40. The fraction of sp³-hybridized carbons (Fsp3) is 0.267. The lowest BCUT2D eigenvalue weighted by atomic mass is 9.90. The minimum atomic E-state index is -0.782. The molecule has 1 N–H and O–H groups in total. The number of hydrogen-bond donors (Lipinski definition) is 1. The summed E-state index contributed by atoms with van der Waals surface area (Å²) in [7, 11) is 0. The molecule has 1 amide bonds. The van der Waals surface area contributed by atoms with Crippen LogP contribution in [0, 0.1) is 0 Å². The van der Waals surface area contributed by atoms with Gasteiger partial charge in [-0.25, -0.2) is 4.79 Å². The van der Waals surface area contributed by atoms with Gasteiger partial charge in [0.1, 0.15) is 5.38 Å². The van der Waals surface area contributed by atoms with E-state index >= 15 is 0 Å². The number of Topliss-reactive ketones (excluding diaryl/α,β-unsaturated/α-hetero) is 1. The molecule has 0 saturated carbocycles. The summed E-state index contributed by atoms with van der Waals surface area (Å²) in [6.45, 7) is 3.41. The third kappa shape index (κ3) is 4.22. The van der Waals surface area contributed by atoms with Crippen LogP contribution in [0.4, 0.5) is 10.5 Å². The van der Waals surface area contributed by atoms with E-state index in [0.717, 1.165) is 4.47 Å². The van der Waals surface area contributed by atoms with Gasteiger partial charge in [-0.05, 0) is 49.3 Å². The molecule has 0 aliphatic heterocycles. The Bertz CT molecular complexity index is 701. The van der Waals surface area contributed by atoms with Crippen molar-refractivity contribution in [2.24, 2.45) is 5.16 Å². The molecule has 2 rings (SSSR count). The molecule has 0 heterocycles. The van der Waals surface area contributed by atoms with E-state index in [-0.39, 0.29) is 5.78 Å². The highest BCUT2D eigenvalue weighted by molar-refractivity contribution is 9.10. The number of oxime groups is 1. The Hall–Kier alpha value is -1.18. The molecule has 5 nitrogen and oxygen atoms in total. The van der Waals surface area contributed by atoms with Gasteiger partial charge in [-0.3, -0.25) is 14.9 Å². The third-order valence-corrected chi connectivity index (χ3v) is 5.65. The number of nitrogens with zero attached hydrogens (tertiary/aromatic N) is 1. The predicted octanol–water partition coefficient (Wildman–Crippen LogP) is 4.64. The number of allylic oxidation sites excluding steroid dienone is 2. The highest BCUT2D eigenvalue weighted by atomic mass is 79.9. The maximum Gasteiger partial charge on any atom is 0.437 e. The number of anilines is 1. The highest BCUT2D eigenvalue weighted by Crippen LogP contribution is 2.29. The standard InChI is InChI=1S/C15H13Br2ClN2O3/c1-7-8(2)14(21)12(18)11(17)13(7)20-23-15(22)19-10-5-3-9(16)4-6-10/h3-6,11-12H,1-2H3,(H,19,22). The second-order valence-electron chi connectivity index (χ2n) is 4.90. The Morgan fingerprint density at radius 2 is 1.87 bits per heavy atom. The number of halogens is 3. The van der Waals surface area contributed by atoms with E-state index in [1.54, 1.807) is 38.1 Å². The zero-order chi connectivity index (χ0) is 17.1. The molecule has 1 aliphatic rings. The highest BCUT2D eigenvalue weighted by Gasteiger charge is 2.36. The number of carbonyl (C=O) groups excluding carboxylic acids is 2. The Morgan fingerprint density at radius 3 is 2.48 bits per heavy atom. The molecule has 0 spiro atoms. The average molecular weight is 465 g/mol. The Kier molecular flexibility index (Phi) is 6.00. The van der Waals surface area contributed by atoms with Crippen molar-refractivity contribution in [1.29, 1.82) is 0 Å². The van der Waals surface area contributed by atoms with E-state index in [0.29, 0.717) is 22.5 Å². The zero-order valence-corrected chi connectivity index (χ0v) is 16.2. The normalized spacial score (nSPS) is 23.2. The Labute approximate surface area is 155 Å². The fourth-order valence-corrected chi connectivity index (χ4v) is 3.16. The number of rotatable bonds is 2. The van der Waals surface area contributed by atoms with Gasteiger partial charge in [-0.15, -0.1) is 11.6 Å². The lowest BCUT2D eigenvalue weighted by molar-refractivity contribution is -0.115. The van der Waals surface area contributed by atoms with Crippen molar-refractivity contribution in [3.63, 3.8) is 0 Å². The number of nitrogens with one attached hydrogen (secondary N) is 1. The van der Waals surface area contributed by atoms with Gasteiger partial charge < -0.3 is 0 Å². The van der Waals surface area contributed by atoms with Crippen molar-refractivity contribution in [3.8, 4) is 0 Å². The SMILES string of the molecule is CC1=C(C)C(=NOC(=O)Nc2ccc(Br)cc2)C(Br)C(Cl)C1=O. The van der Waals surface area contributed by atoms with Gasteiger partial charge >= 0.3 is 6.09 Å². The number of alkyl halides is 2. The van der Waals surface area contributed by atoms with E-state index in [1.165, 1.54) is 0 Å². The Morgan fingerprint density at radius 1 is 1.26 bits per heavy atom. The first-order valence-corrected chi connectivity index (χ1v) is 8.77. The summed E-state index contributed by atoms with van der Waals surface area (Å²) in [4.78, 5) is 28.1. The van der Waals surface area contributed by atoms with Crippen LogP contribution in [-0.4, -0.2) is 27.8 Å². The van der Waals surface area contributed by atoms with Gasteiger partial charge in [0.2, 0.25) is 0 Å². The molecule has 0 aromatic heterocycles. The van der Waals surface area contributed by atoms with Gasteiger partial charge in [-0.1, -0.05) is 37.0 Å². The van der Waals surface area contributed by atoms with E-state index in [1.807, 2.05) is 0 Å². The van der Waals surface area contributed by atoms with Crippen LogP contribution in [0.15, 0.2) is 45.0 Å². The molecule has 8 heteroatoms. The molecular weight excluding hydrogens is 451 g/mol. The van der Waals surface area contributed by atoms with Crippen LogP contribution in [0.5, 0.6) is 0 Å². The second kappa shape index (κ2) is 7.59. The molecule has 1 aliphatic carbocycles. The van der Waals surface area contributed by atoms with Crippen LogP contribution >= 0.6 is 43.5 Å². The van der Waals surface area contributed by atoms with Gasteiger partial charge in [0.05, 0.1) is 10.5 Å². The summed E-state index contributed by atoms with van der Waals surface area (Å²) in [5.74, 6) is -0.163. The molecule has 122 valence electrons. The second-order valence-corrected chi connectivity index (χ2v) is 7.28. The molecule has 0 bridgehead atoms. The average Bonchev–Trinajstić information content (AvgIpc) is 2.53. The molecule has 23 heavy (non-hydrogen) atoms. The number of ketones is 1. The predicted molar refractivity (Wildman–Crippen MR) is 97.4 cm³/mol. The Balaban J connectivity index is 2.10. The molecule has 2 atom stereocenters. The van der Waals surface area contributed by atoms with Crippen molar-refractivity contribution in [2.75, 3.05) is 5.32 Å². The van der Waals surface area contributed by atoms with Crippen LogP contribution in [0.25, 0.3) is 0 Å². The number of amides is 1. The molecule has 2 unspecified atom stereocenters. The molecule has 0 saturated heterocycles. The summed E-state index contributed by atoms with van der Waals surface area (Å²) < 4.78 is 0.898. The zero-order valence-electron chi connectivity index (χ0n) is 12.3. The van der Waals surface area contributed by atoms with Crippen LogP contribution in [0.3, 0.4) is 0 Å². The van der Waals surface area contributed by atoms with E-state index in [2.05, 4.69) is 42.3 Å². The maximum atomic E-state index is 11.9. The lowest BCUT2D eigenvalue weighted by Crippen LogP contribution is -2.38. The topological polar surface area (TPSA) is 67.8 Å². The van der Waals surface area contributed by atoms with E-state index in [4.69, 9.17) is 16.4 Å². The van der Waals surface area contributed by atoms with Crippen molar-refractivity contribution in [3.05, 3.63) is 39.9 Å². The summed E-state index contributed by atoms with van der Waals surface area (Å²) in [5, 5.41) is 5.62. The quantitative estimate of drug-likeness (QED) is 0.394. The first-order chi connectivity index (χ1) is 10.8. The van der Waals surface area contributed by atoms with Crippen molar-refractivity contribution >= 4 is 66.7 Å². The van der Waals surface area contributed by atoms with Crippen LogP contribution in [0.1, 0.15) is 13.8 Å². The number of benzene rings is 1. The summed E-state index contributed by atoms with van der Waals surface area (Å²) in [6.07, 6.45) is -0.729. The summed E-state index contributed by atoms with van der Waals surface area (Å²) in [6, 6.07) is 7.01. The lowest BCUT2D eigenvalue weighted by Gasteiger charge is -2.24. The van der Waals surface area contributed by atoms with Gasteiger partial charge in [0.15, 0.2) is 5.78 Å². The van der Waals surface area contributed by atoms with Gasteiger partial charge in [0, 0.05) is 10.2 Å². The fourth-order valence-electron chi connectivity index (χ4n) is 1.95. The van der Waals surface area contributed by atoms with E-state index in [9.17, 15) is 9.59 Å². The van der Waals surface area contributed by atoms with E-state index < -0.39 is 16.3 Å². The number of hydrogen-bond acceptors (Lipinski definition) is 4. The monoisotopic (exact) mass is 462 g/mol. The molecule has 1 aromatic rings. The first-order valence-electron chi connectivity index (χ1n) is 6.63. The van der Waals surface area contributed by atoms with Crippen LogP contribution < -0.4 is 5.32 Å². The summed E-state index contributed by atoms with van der Waals surface area (Å²) in [5.41, 5.74) is 2.15. The molecule has 1 aromatic carbocycles. The maximum absolute atomic E-state index is 11.9. The van der Waals surface area contributed by atoms with Crippen molar-refractivity contribution < 1.29 is 14.4 Å². The van der Waals surface area contributed by atoms with Crippen molar-refractivity contribution in [1.82, 2.24) is 0 Å². The minimum Gasteiger partial charge on any atom is -0.297 e. The smallest absolute Gasteiger partial charge is 0.297 e. The van der Waals surface area contributed by atoms with Crippen molar-refractivity contribution in [2.45, 2.75) is 24.1 Å². The van der Waals surface area contributed by atoms with Gasteiger partial charge in [0.25, 0.3) is 0 Å².